The topological polar surface area (TPSA) is 38.8 Å². The summed E-state index contributed by atoms with van der Waals surface area (Å²) in [4.78, 5) is 13.8. The van der Waals surface area contributed by atoms with Crippen LogP contribution in [-0.2, 0) is 14.3 Å². The standard InChI is InChI=1S/C12H23NO3/c1-5-16-11(14)8-10(2)13-6-7-15-9-12(13,3)4/h10H,5-9H2,1-4H3. The van der Waals surface area contributed by atoms with Crippen LogP contribution in [0, 0.1) is 0 Å². The average molecular weight is 229 g/mol. The van der Waals surface area contributed by atoms with Gasteiger partial charge < -0.3 is 9.47 Å². The van der Waals surface area contributed by atoms with Gasteiger partial charge in [0, 0.05) is 18.1 Å². The van der Waals surface area contributed by atoms with Crippen LogP contribution in [0.5, 0.6) is 0 Å². The van der Waals surface area contributed by atoms with E-state index < -0.39 is 0 Å². The molecule has 1 saturated heterocycles. The Morgan fingerprint density at radius 1 is 1.56 bits per heavy atom. The second-order valence-electron chi connectivity index (χ2n) is 4.92. The summed E-state index contributed by atoms with van der Waals surface area (Å²) < 4.78 is 10.4. The first-order valence-corrected chi connectivity index (χ1v) is 5.97. The van der Waals surface area contributed by atoms with Gasteiger partial charge in [0.15, 0.2) is 0 Å². The summed E-state index contributed by atoms with van der Waals surface area (Å²) in [5.41, 5.74) is 0.00413. The van der Waals surface area contributed by atoms with Gasteiger partial charge in [-0.05, 0) is 27.7 Å². The summed E-state index contributed by atoms with van der Waals surface area (Å²) >= 11 is 0. The Hall–Kier alpha value is -0.610. The van der Waals surface area contributed by atoms with E-state index >= 15 is 0 Å². The maximum absolute atomic E-state index is 11.4. The molecule has 1 fully saturated rings. The molecule has 1 aliphatic heterocycles. The van der Waals surface area contributed by atoms with Crippen molar-refractivity contribution in [2.24, 2.45) is 0 Å². The number of carbonyl (C=O) groups is 1. The minimum atomic E-state index is -0.114. The number of morpholine rings is 1. The molecule has 4 heteroatoms. The minimum Gasteiger partial charge on any atom is -0.466 e. The Bertz CT molecular complexity index is 240. The summed E-state index contributed by atoms with van der Waals surface area (Å²) in [5, 5.41) is 0. The van der Waals surface area contributed by atoms with E-state index in [1.807, 2.05) is 6.92 Å². The zero-order valence-corrected chi connectivity index (χ0v) is 10.8. The van der Waals surface area contributed by atoms with E-state index in [9.17, 15) is 4.79 Å². The first-order chi connectivity index (χ1) is 7.47. The number of esters is 1. The molecule has 94 valence electrons. The highest BCUT2D eigenvalue weighted by molar-refractivity contribution is 5.70. The van der Waals surface area contributed by atoms with Crippen molar-refractivity contribution >= 4 is 5.97 Å². The number of hydrogen-bond donors (Lipinski definition) is 0. The molecule has 1 aliphatic rings. The fourth-order valence-corrected chi connectivity index (χ4v) is 2.26. The Balaban J connectivity index is 2.51. The van der Waals surface area contributed by atoms with Gasteiger partial charge in [-0.25, -0.2) is 0 Å². The van der Waals surface area contributed by atoms with Gasteiger partial charge >= 0.3 is 5.97 Å². The van der Waals surface area contributed by atoms with Crippen LogP contribution in [0.25, 0.3) is 0 Å². The van der Waals surface area contributed by atoms with Crippen molar-refractivity contribution in [3.63, 3.8) is 0 Å². The van der Waals surface area contributed by atoms with Crippen LogP contribution in [0.15, 0.2) is 0 Å². The van der Waals surface area contributed by atoms with Crippen molar-refractivity contribution in [3.05, 3.63) is 0 Å². The molecular weight excluding hydrogens is 206 g/mol. The van der Waals surface area contributed by atoms with E-state index in [2.05, 4.69) is 25.7 Å². The van der Waals surface area contributed by atoms with Crippen LogP contribution in [0.1, 0.15) is 34.1 Å². The number of rotatable bonds is 4. The predicted octanol–water partition coefficient (Wildman–Crippen LogP) is 1.44. The lowest BCUT2D eigenvalue weighted by atomic mass is 9.99. The SMILES string of the molecule is CCOC(=O)CC(C)N1CCOCC1(C)C. The summed E-state index contributed by atoms with van der Waals surface area (Å²) in [5.74, 6) is -0.114. The minimum absolute atomic E-state index is 0.00413. The van der Waals surface area contributed by atoms with Gasteiger partial charge in [-0.1, -0.05) is 0 Å². The molecule has 1 unspecified atom stereocenters. The first kappa shape index (κ1) is 13.5. The third-order valence-corrected chi connectivity index (χ3v) is 3.01. The molecule has 16 heavy (non-hydrogen) atoms. The monoisotopic (exact) mass is 229 g/mol. The van der Waals surface area contributed by atoms with Crippen molar-refractivity contribution < 1.29 is 14.3 Å². The zero-order chi connectivity index (χ0) is 12.2. The van der Waals surface area contributed by atoms with Gasteiger partial charge in [-0.3, -0.25) is 9.69 Å². The van der Waals surface area contributed by atoms with Crippen LogP contribution >= 0.6 is 0 Å². The molecule has 0 aromatic rings. The van der Waals surface area contributed by atoms with Crippen molar-refractivity contribution in [2.45, 2.75) is 45.7 Å². The van der Waals surface area contributed by atoms with Crippen molar-refractivity contribution in [3.8, 4) is 0 Å². The highest BCUT2D eigenvalue weighted by Crippen LogP contribution is 2.23. The fourth-order valence-electron chi connectivity index (χ4n) is 2.26. The van der Waals surface area contributed by atoms with E-state index in [1.54, 1.807) is 0 Å². The quantitative estimate of drug-likeness (QED) is 0.684. The molecule has 4 nitrogen and oxygen atoms in total. The predicted molar refractivity (Wildman–Crippen MR) is 62.3 cm³/mol. The Morgan fingerprint density at radius 2 is 2.25 bits per heavy atom. The average Bonchev–Trinajstić information content (AvgIpc) is 2.16. The highest BCUT2D eigenvalue weighted by Gasteiger charge is 2.34. The third-order valence-electron chi connectivity index (χ3n) is 3.01. The lowest BCUT2D eigenvalue weighted by Crippen LogP contribution is -2.56. The number of carbonyl (C=O) groups excluding carboxylic acids is 1. The summed E-state index contributed by atoms with van der Waals surface area (Å²) in [6.45, 7) is 11.0. The molecule has 0 N–H and O–H groups in total. The largest absolute Gasteiger partial charge is 0.466 e. The number of hydrogen-bond acceptors (Lipinski definition) is 4. The fraction of sp³-hybridized carbons (Fsp3) is 0.917. The molecule has 1 atom stereocenters. The maximum atomic E-state index is 11.4. The Labute approximate surface area is 97.9 Å². The Kier molecular flexibility index (Phi) is 4.74. The first-order valence-electron chi connectivity index (χ1n) is 5.97. The van der Waals surface area contributed by atoms with E-state index in [-0.39, 0.29) is 17.6 Å². The Morgan fingerprint density at radius 3 is 2.81 bits per heavy atom. The molecular formula is C12H23NO3. The molecule has 0 aliphatic carbocycles. The van der Waals surface area contributed by atoms with E-state index in [1.165, 1.54) is 0 Å². The van der Waals surface area contributed by atoms with Crippen LogP contribution in [0.3, 0.4) is 0 Å². The second-order valence-corrected chi connectivity index (χ2v) is 4.92. The zero-order valence-electron chi connectivity index (χ0n) is 10.8. The van der Waals surface area contributed by atoms with E-state index in [4.69, 9.17) is 9.47 Å². The van der Waals surface area contributed by atoms with Crippen molar-refractivity contribution in [2.75, 3.05) is 26.4 Å². The lowest BCUT2D eigenvalue weighted by molar-refractivity contribution is -0.146. The van der Waals surface area contributed by atoms with E-state index in [0.717, 1.165) is 19.8 Å². The maximum Gasteiger partial charge on any atom is 0.307 e. The lowest BCUT2D eigenvalue weighted by Gasteiger charge is -2.45. The van der Waals surface area contributed by atoms with Gasteiger partial charge in [0.2, 0.25) is 0 Å². The third kappa shape index (κ3) is 3.46. The van der Waals surface area contributed by atoms with Gasteiger partial charge in [0.1, 0.15) is 0 Å². The molecule has 0 radical (unpaired) electrons. The molecule has 0 aromatic heterocycles. The molecule has 0 bridgehead atoms. The van der Waals surface area contributed by atoms with Crippen LogP contribution in [0.4, 0.5) is 0 Å². The van der Waals surface area contributed by atoms with Crippen molar-refractivity contribution in [1.82, 2.24) is 4.90 Å². The summed E-state index contributed by atoms with van der Waals surface area (Å²) in [6, 6.07) is 0.206. The smallest absolute Gasteiger partial charge is 0.307 e. The van der Waals surface area contributed by atoms with Gasteiger partial charge in [-0.15, -0.1) is 0 Å². The van der Waals surface area contributed by atoms with Crippen LogP contribution in [0.2, 0.25) is 0 Å². The molecule has 0 aromatic carbocycles. The molecule has 0 amide bonds. The van der Waals surface area contributed by atoms with Gasteiger partial charge in [0.25, 0.3) is 0 Å². The summed E-state index contributed by atoms with van der Waals surface area (Å²) in [7, 11) is 0. The summed E-state index contributed by atoms with van der Waals surface area (Å²) in [6.07, 6.45) is 0.456. The highest BCUT2D eigenvalue weighted by atomic mass is 16.5. The van der Waals surface area contributed by atoms with Gasteiger partial charge in [-0.2, -0.15) is 0 Å². The van der Waals surface area contributed by atoms with Crippen molar-refractivity contribution in [1.29, 1.82) is 0 Å². The number of nitrogens with zero attached hydrogens (tertiary/aromatic N) is 1. The number of ether oxygens (including phenoxy) is 2. The van der Waals surface area contributed by atoms with Gasteiger partial charge in [0.05, 0.1) is 26.2 Å². The normalized spacial score (nSPS) is 22.8. The second kappa shape index (κ2) is 5.64. The molecule has 0 spiro atoms. The molecule has 1 heterocycles. The molecule has 1 rings (SSSR count). The van der Waals surface area contributed by atoms with Crippen LogP contribution < -0.4 is 0 Å². The molecule has 0 saturated carbocycles. The van der Waals surface area contributed by atoms with E-state index in [0.29, 0.717) is 13.0 Å². The van der Waals surface area contributed by atoms with Crippen LogP contribution in [-0.4, -0.2) is 48.8 Å².